The zero-order chi connectivity index (χ0) is 17.8. The van der Waals surface area contributed by atoms with E-state index in [9.17, 15) is 9.90 Å². The number of aryl methyl sites for hydroxylation is 1. The SMILES string of the molecule is C=CCN(CCO)C(=O)c1nn(-c2ccc(CC)cc2)c2c1CCC2. The zero-order valence-electron chi connectivity index (χ0n) is 14.7. The lowest BCUT2D eigenvalue weighted by atomic mass is 10.1. The number of amides is 1. The van der Waals surface area contributed by atoms with Gasteiger partial charge in [0, 0.05) is 24.3 Å². The minimum Gasteiger partial charge on any atom is -0.395 e. The molecule has 1 aliphatic carbocycles. The molecule has 0 fully saturated rings. The van der Waals surface area contributed by atoms with Crippen LogP contribution in [-0.2, 0) is 19.3 Å². The van der Waals surface area contributed by atoms with Crippen LogP contribution in [0.2, 0.25) is 0 Å². The summed E-state index contributed by atoms with van der Waals surface area (Å²) in [5.74, 6) is -0.129. The summed E-state index contributed by atoms with van der Waals surface area (Å²) >= 11 is 0. The van der Waals surface area contributed by atoms with Crippen molar-refractivity contribution in [2.75, 3.05) is 19.7 Å². The van der Waals surface area contributed by atoms with Gasteiger partial charge in [0.15, 0.2) is 5.69 Å². The number of aromatic nitrogens is 2. The minimum absolute atomic E-state index is 0.0685. The lowest BCUT2D eigenvalue weighted by Gasteiger charge is -2.19. The van der Waals surface area contributed by atoms with Gasteiger partial charge >= 0.3 is 0 Å². The van der Waals surface area contributed by atoms with Crippen molar-refractivity contribution in [2.24, 2.45) is 0 Å². The fourth-order valence-corrected chi connectivity index (χ4v) is 3.40. The van der Waals surface area contributed by atoms with E-state index in [1.165, 1.54) is 5.56 Å². The van der Waals surface area contributed by atoms with Crippen LogP contribution in [0.3, 0.4) is 0 Å². The van der Waals surface area contributed by atoms with E-state index in [1.54, 1.807) is 11.0 Å². The summed E-state index contributed by atoms with van der Waals surface area (Å²) < 4.78 is 1.92. The molecule has 0 aliphatic heterocycles. The number of hydrogen-bond donors (Lipinski definition) is 1. The van der Waals surface area contributed by atoms with Crippen molar-refractivity contribution in [3.63, 3.8) is 0 Å². The molecule has 0 radical (unpaired) electrons. The lowest BCUT2D eigenvalue weighted by Crippen LogP contribution is -2.34. The molecular weight excluding hydrogens is 314 g/mol. The van der Waals surface area contributed by atoms with E-state index >= 15 is 0 Å². The third kappa shape index (κ3) is 3.37. The molecule has 5 heteroatoms. The summed E-state index contributed by atoms with van der Waals surface area (Å²) in [5.41, 5.74) is 4.98. The van der Waals surface area contributed by atoms with Crippen LogP contribution < -0.4 is 0 Å². The monoisotopic (exact) mass is 339 g/mol. The van der Waals surface area contributed by atoms with E-state index in [4.69, 9.17) is 0 Å². The van der Waals surface area contributed by atoms with E-state index in [0.717, 1.165) is 42.6 Å². The summed E-state index contributed by atoms with van der Waals surface area (Å²) in [4.78, 5) is 14.5. The van der Waals surface area contributed by atoms with Crippen LogP contribution in [0.4, 0.5) is 0 Å². The van der Waals surface area contributed by atoms with Crippen molar-refractivity contribution in [3.8, 4) is 5.69 Å². The van der Waals surface area contributed by atoms with E-state index in [2.05, 4.69) is 42.9 Å². The van der Waals surface area contributed by atoms with Crippen molar-refractivity contribution in [2.45, 2.75) is 32.6 Å². The molecule has 3 rings (SSSR count). The van der Waals surface area contributed by atoms with Crippen LogP contribution in [-0.4, -0.2) is 45.4 Å². The molecule has 2 aromatic rings. The Morgan fingerprint density at radius 2 is 2.12 bits per heavy atom. The average molecular weight is 339 g/mol. The van der Waals surface area contributed by atoms with Crippen molar-refractivity contribution < 1.29 is 9.90 Å². The van der Waals surface area contributed by atoms with Crippen LogP contribution in [0.1, 0.15) is 40.7 Å². The normalized spacial score (nSPS) is 12.9. The molecule has 0 unspecified atom stereocenters. The van der Waals surface area contributed by atoms with Gasteiger partial charge in [-0.25, -0.2) is 4.68 Å². The predicted octanol–water partition coefficient (Wildman–Crippen LogP) is 2.54. The molecule has 1 amide bonds. The van der Waals surface area contributed by atoms with Gasteiger partial charge in [0.05, 0.1) is 12.3 Å². The number of benzene rings is 1. The molecule has 5 nitrogen and oxygen atoms in total. The Hall–Kier alpha value is -2.40. The van der Waals surface area contributed by atoms with Crippen molar-refractivity contribution >= 4 is 5.91 Å². The number of nitrogens with zero attached hydrogens (tertiary/aromatic N) is 3. The number of aliphatic hydroxyl groups is 1. The summed E-state index contributed by atoms with van der Waals surface area (Å²) in [6, 6.07) is 8.34. The Balaban J connectivity index is 1.98. The second-order valence-electron chi connectivity index (χ2n) is 6.32. The number of fused-ring (bicyclic) bond motifs is 1. The van der Waals surface area contributed by atoms with Crippen molar-refractivity contribution in [1.29, 1.82) is 0 Å². The molecule has 1 aliphatic rings. The van der Waals surface area contributed by atoms with Gasteiger partial charge in [0.2, 0.25) is 0 Å². The third-order valence-corrected chi connectivity index (χ3v) is 4.73. The molecule has 0 atom stereocenters. The zero-order valence-corrected chi connectivity index (χ0v) is 14.7. The summed E-state index contributed by atoms with van der Waals surface area (Å²) in [5, 5.41) is 13.9. The smallest absolute Gasteiger partial charge is 0.275 e. The van der Waals surface area contributed by atoms with Gasteiger partial charge in [0.25, 0.3) is 5.91 Å². The number of carbonyl (C=O) groups is 1. The second-order valence-corrected chi connectivity index (χ2v) is 6.32. The molecular formula is C20H25N3O2. The molecule has 25 heavy (non-hydrogen) atoms. The highest BCUT2D eigenvalue weighted by Gasteiger charge is 2.29. The standard InChI is InChI=1S/C20H25N3O2/c1-3-12-22(13-14-24)20(25)19-17-6-5-7-18(17)23(21-19)16-10-8-15(4-2)9-11-16/h3,8-11,24H,1,4-7,12-14H2,2H3. The fourth-order valence-electron chi connectivity index (χ4n) is 3.40. The Morgan fingerprint density at radius 1 is 1.36 bits per heavy atom. The van der Waals surface area contributed by atoms with Crippen LogP contribution in [0.15, 0.2) is 36.9 Å². The minimum atomic E-state index is -0.129. The Kier molecular flexibility index (Phi) is 5.34. The molecule has 1 aromatic carbocycles. The highest BCUT2D eigenvalue weighted by Crippen LogP contribution is 2.28. The number of rotatable bonds is 7. The molecule has 1 N–H and O–H groups in total. The van der Waals surface area contributed by atoms with Crippen LogP contribution in [0.25, 0.3) is 5.69 Å². The molecule has 132 valence electrons. The van der Waals surface area contributed by atoms with E-state index in [1.807, 2.05) is 4.68 Å². The third-order valence-electron chi connectivity index (χ3n) is 4.73. The lowest BCUT2D eigenvalue weighted by molar-refractivity contribution is 0.0735. The van der Waals surface area contributed by atoms with E-state index in [0.29, 0.717) is 12.2 Å². The van der Waals surface area contributed by atoms with Crippen LogP contribution >= 0.6 is 0 Å². The van der Waals surface area contributed by atoms with Gasteiger partial charge in [-0.15, -0.1) is 6.58 Å². The quantitative estimate of drug-likeness (QED) is 0.789. The van der Waals surface area contributed by atoms with Gasteiger partial charge in [-0.3, -0.25) is 4.79 Å². The highest BCUT2D eigenvalue weighted by molar-refractivity contribution is 5.94. The Labute approximate surface area is 148 Å². The maximum Gasteiger partial charge on any atom is 0.275 e. The maximum absolute atomic E-state index is 12.9. The molecule has 1 aromatic heterocycles. The van der Waals surface area contributed by atoms with Gasteiger partial charge in [-0.05, 0) is 43.4 Å². The summed E-state index contributed by atoms with van der Waals surface area (Å²) in [6.07, 6.45) is 5.53. The highest BCUT2D eigenvalue weighted by atomic mass is 16.3. The first kappa shape index (κ1) is 17.4. The van der Waals surface area contributed by atoms with Crippen LogP contribution in [0, 0.1) is 0 Å². The summed E-state index contributed by atoms with van der Waals surface area (Å²) in [6.45, 7) is 6.46. The van der Waals surface area contributed by atoms with Gasteiger partial charge in [-0.1, -0.05) is 25.1 Å². The van der Waals surface area contributed by atoms with E-state index in [-0.39, 0.29) is 19.1 Å². The largest absolute Gasteiger partial charge is 0.395 e. The first-order chi connectivity index (χ1) is 12.2. The molecule has 1 heterocycles. The Bertz CT molecular complexity index is 762. The van der Waals surface area contributed by atoms with E-state index < -0.39 is 0 Å². The van der Waals surface area contributed by atoms with Crippen LogP contribution in [0.5, 0.6) is 0 Å². The number of aliphatic hydroxyl groups excluding tert-OH is 1. The second kappa shape index (κ2) is 7.66. The number of hydrogen-bond acceptors (Lipinski definition) is 3. The molecule has 0 saturated carbocycles. The number of carbonyl (C=O) groups excluding carboxylic acids is 1. The topological polar surface area (TPSA) is 58.4 Å². The van der Waals surface area contributed by atoms with Gasteiger partial charge in [0.1, 0.15) is 0 Å². The average Bonchev–Trinajstić information content (AvgIpc) is 3.23. The van der Waals surface area contributed by atoms with Crippen molar-refractivity contribution in [3.05, 3.63) is 59.4 Å². The maximum atomic E-state index is 12.9. The molecule has 0 bridgehead atoms. The molecule has 0 spiro atoms. The van der Waals surface area contributed by atoms with Gasteiger partial charge < -0.3 is 10.0 Å². The Morgan fingerprint density at radius 3 is 2.76 bits per heavy atom. The fraction of sp³-hybridized carbons (Fsp3) is 0.400. The first-order valence-corrected chi connectivity index (χ1v) is 8.90. The van der Waals surface area contributed by atoms with Crippen molar-refractivity contribution in [1.82, 2.24) is 14.7 Å². The van der Waals surface area contributed by atoms with Gasteiger partial charge in [-0.2, -0.15) is 5.10 Å². The predicted molar refractivity (Wildman–Crippen MR) is 98.2 cm³/mol. The summed E-state index contributed by atoms with van der Waals surface area (Å²) in [7, 11) is 0. The molecule has 0 saturated heterocycles. The first-order valence-electron chi connectivity index (χ1n) is 8.90.